The van der Waals surface area contributed by atoms with Crippen molar-refractivity contribution in [3.8, 4) is 0 Å². The summed E-state index contributed by atoms with van der Waals surface area (Å²) < 4.78 is 25.7. The number of nitrogens with two attached hydrogens (primary N) is 1. The third-order valence-electron chi connectivity index (χ3n) is 2.89. The molecule has 1 aliphatic carbocycles. The lowest BCUT2D eigenvalue weighted by molar-refractivity contribution is 0.489. The van der Waals surface area contributed by atoms with Gasteiger partial charge in [0.25, 0.3) is 0 Å². The molecule has 0 aromatic rings. The summed E-state index contributed by atoms with van der Waals surface area (Å²) in [5, 5.41) is -0.492. The molecule has 3 N–H and O–H groups in total. The lowest BCUT2D eigenvalue weighted by Crippen LogP contribution is -2.39. The average molecular weight is 220 g/mol. The normalized spacial score (nSPS) is 21.9. The van der Waals surface area contributed by atoms with Gasteiger partial charge in [-0.2, -0.15) is 0 Å². The molecule has 0 saturated heterocycles. The molecule has 1 rings (SSSR count). The van der Waals surface area contributed by atoms with Crippen LogP contribution in [-0.2, 0) is 10.0 Å². The molecule has 0 aromatic carbocycles. The van der Waals surface area contributed by atoms with Gasteiger partial charge in [-0.15, -0.1) is 0 Å². The molecule has 2 atom stereocenters. The van der Waals surface area contributed by atoms with Gasteiger partial charge >= 0.3 is 0 Å². The zero-order valence-corrected chi connectivity index (χ0v) is 9.68. The zero-order chi connectivity index (χ0) is 10.8. The number of sulfonamides is 1. The van der Waals surface area contributed by atoms with Crippen LogP contribution in [0.2, 0.25) is 0 Å². The van der Waals surface area contributed by atoms with Crippen LogP contribution in [0.3, 0.4) is 0 Å². The second-order valence-corrected chi connectivity index (χ2v) is 6.44. The standard InChI is InChI=1S/C9H20N2O2S/c1-7(9-3-4-9)6-11-14(12,13)8(2)5-10/h7-9,11H,3-6,10H2,1-2H3. The van der Waals surface area contributed by atoms with E-state index in [1.54, 1.807) is 6.92 Å². The quantitative estimate of drug-likeness (QED) is 0.676. The summed E-state index contributed by atoms with van der Waals surface area (Å²) in [6.45, 7) is 4.45. The van der Waals surface area contributed by atoms with Crippen LogP contribution < -0.4 is 10.5 Å². The Bertz CT molecular complexity index is 273. The van der Waals surface area contributed by atoms with E-state index >= 15 is 0 Å². The minimum Gasteiger partial charge on any atom is -0.329 e. The van der Waals surface area contributed by atoms with Crippen LogP contribution in [-0.4, -0.2) is 26.8 Å². The van der Waals surface area contributed by atoms with Crippen molar-refractivity contribution in [3.05, 3.63) is 0 Å². The molecule has 5 heteroatoms. The van der Waals surface area contributed by atoms with E-state index in [9.17, 15) is 8.42 Å². The van der Waals surface area contributed by atoms with Gasteiger partial charge in [0, 0.05) is 13.1 Å². The Labute approximate surface area is 86.3 Å². The molecule has 1 fully saturated rings. The fraction of sp³-hybridized carbons (Fsp3) is 1.00. The maximum Gasteiger partial charge on any atom is 0.215 e. The number of hydrogen-bond acceptors (Lipinski definition) is 3. The van der Waals surface area contributed by atoms with Crippen LogP contribution in [0.25, 0.3) is 0 Å². The van der Waals surface area contributed by atoms with E-state index in [1.165, 1.54) is 12.8 Å². The molecule has 0 radical (unpaired) electrons. The second kappa shape index (κ2) is 4.59. The highest BCUT2D eigenvalue weighted by molar-refractivity contribution is 7.90. The highest BCUT2D eigenvalue weighted by atomic mass is 32.2. The first-order valence-electron chi connectivity index (χ1n) is 5.16. The Morgan fingerprint density at radius 2 is 2.00 bits per heavy atom. The summed E-state index contributed by atoms with van der Waals surface area (Å²) in [5.74, 6) is 1.18. The van der Waals surface area contributed by atoms with Gasteiger partial charge in [-0.1, -0.05) is 6.92 Å². The monoisotopic (exact) mass is 220 g/mol. The third kappa shape index (κ3) is 3.22. The van der Waals surface area contributed by atoms with Gasteiger partial charge < -0.3 is 5.73 Å². The summed E-state index contributed by atoms with van der Waals surface area (Å²) >= 11 is 0. The highest BCUT2D eigenvalue weighted by Gasteiger charge is 2.29. The average Bonchev–Trinajstić information content (AvgIpc) is 2.96. The fourth-order valence-electron chi connectivity index (χ4n) is 1.35. The minimum absolute atomic E-state index is 0.174. The topological polar surface area (TPSA) is 72.2 Å². The van der Waals surface area contributed by atoms with Crippen molar-refractivity contribution in [1.29, 1.82) is 0 Å². The van der Waals surface area contributed by atoms with E-state index in [4.69, 9.17) is 5.73 Å². The molecule has 14 heavy (non-hydrogen) atoms. The van der Waals surface area contributed by atoms with E-state index in [-0.39, 0.29) is 6.54 Å². The SMILES string of the molecule is CC(CNS(=O)(=O)C(C)CN)C1CC1. The van der Waals surface area contributed by atoms with Crippen molar-refractivity contribution in [2.75, 3.05) is 13.1 Å². The minimum atomic E-state index is -3.19. The number of nitrogens with one attached hydrogen (secondary N) is 1. The van der Waals surface area contributed by atoms with Crippen molar-refractivity contribution >= 4 is 10.0 Å². The first-order chi connectivity index (χ1) is 6.47. The van der Waals surface area contributed by atoms with Gasteiger partial charge in [0.1, 0.15) is 0 Å². The van der Waals surface area contributed by atoms with Crippen molar-refractivity contribution in [3.63, 3.8) is 0 Å². The summed E-state index contributed by atoms with van der Waals surface area (Å²) in [4.78, 5) is 0. The summed E-state index contributed by atoms with van der Waals surface area (Å²) in [7, 11) is -3.19. The highest BCUT2D eigenvalue weighted by Crippen LogP contribution is 2.36. The zero-order valence-electron chi connectivity index (χ0n) is 8.86. The van der Waals surface area contributed by atoms with Crippen LogP contribution >= 0.6 is 0 Å². The van der Waals surface area contributed by atoms with Crippen LogP contribution in [0.1, 0.15) is 26.7 Å². The lowest BCUT2D eigenvalue weighted by Gasteiger charge is -2.15. The molecule has 0 spiro atoms. The molecule has 1 aliphatic rings. The predicted octanol–water partition coefficient (Wildman–Crippen LogP) is 0.299. The summed E-state index contributed by atoms with van der Waals surface area (Å²) in [6.07, 6.45) is 2.49. The van der Waals surface area contributed by atoms with Crippen molar-refractivity contribution in [2.24, 2.45) is 17.6 Å². The second-order valence-electron chi connectivity index (χ2n) is 4.25. The molecule has 0 aliphatic heterocycles. The van der Waals surface area contributed by atoms with Crippen molar-refractivity contribution in [1.82, 2.24) is 4.72 Å². The van der Waals surface area contributed by atoms with Crippen LogP contribution in [0.5, 0.6) is 0 Å². The largest absolute Gasteiger partial charge is 0.329 e. The van der Waals surface area contributed by atoms with Gasteiger partial charge in [0.05, 0.1) is 5.25 Å². The Morgan fingerprint density at radius 3 is 2.43 bits per heavy atom. The van der Waals surface area contributed by atoms with Crippen LogP contribution in [0, 0.1) is 11.8 Å². The summed E-state index contributed by atoms with van der Waals surface area (Å²) in [6, 6.07) is 0. The van der Waals surface area contributed by atoms with Gasteiger partial charge in [-0.05, 0) is 31.6 Å². The van der Waals surface area contributed by atoms with E-state index in [1.807, 2.05) is 0 Å². The maximum atomic E-state index is 11.5. The molecule has 0 aromatic heterocycles. The van der Waals surface area contributed by atoms with E-state index in [2.05, 4.69) is 11.6 Å². The van der Waals surface area contributed by atoms with Crippen molar-refractivity contribution < 1.29 is 8.42 Å². The van der Waals surface area contributed by atoms with E-state index in [0.29, 0.717) is 12.5 Å². The summed E-state index contributed by atoms with van der Waals surface area (Å²) in [5.41, 5.74) is 5.32. The Morgan fingerprint density at radius 1 is 1.43 bits per heavy atom. The molecule has 1 saturated carbocycles. The molecule has 4 nitrogen and oxygen atoms in total. The van der Waals surface area contributed by atoms with Crippen LogP contribution in [0.15, 0.2) is 0 Å². The van der Waals surface area contributed by atoms with Gasteiger partial charge in [-0.25, -0.2) is 13.1 Å². The Balaban J connectivity index is 2.35. The maximum absolute atomic E-state index is 11.5. The lowest BCUT2D eigenvalue weighted by atomic mass is 10.1. The molecule has 2 unspecified atom stereocenters. The smallest absolute Gasteiger partial charge is 0.215 e. The van der Waals surface area contributed by atoms with Gasteiger partial charge in [0.2, 0.25) is 10.0 Å². The van der Waals surface area contributed by atoms with Gasteiger partial charge in [0.15, 0.2) is 0 Å². The Kier molecular flexibility index (Phi) is 3.92. The van der Waals surface area contributed by atoms with E-state index in [0.717, 1.165) is 5.92 Å². The number of rotatable bonds is 6. The first kappa shape index (κ1) is 11.9. The van der Waals surface area contributed by atoms with E-state index < -0.39 is 15.3 Å². The van der Waals surface area contributed by atoms with Crippen molar-refractivity contribution in [2.45, 2.75) is 31.9 Å². The predicted molar refractivity (Wildman–Crippen MR) is 57.3 cm³/mol. The molecular formula is C9H20N2O2S. The molecular weight excluding hydrogens is 200 g/mol. The molecule has 0 heterocycles. The molecule has 0 bridgehead atoms. The Hall–Kier alpha value is -0.130. The fourth-order valence-corrected chi connectivity index (χ4v) is 2.38. The third-order valence-corrected chi connectivity index (χ3v) is 4.72. The first-order valence-corrected chi connectivity index (χ1v) is 6.70. The molecule has 0 amide bonds. The number of hydrogen-bond donors (Lipinski definition) is 2. The molecule has 84 valence electrons. The van der Waals surface area contributed by atoms with Crippen LogP contribution in [0.4, 0.5) is 0 Å². The van der Waals surface area contributed by atoms with Gasteiger partial charge in [-0.3, -0.25) is 0 Å².